The number of hydrogen-bond donors (Lipinski definition) is 3. The first-order chi connectivity index (χ1) is 9.67. The van der Waals surface area contributed by atoms with Crippen LogP contribution in [0.25, 0.3) is 0 Å². The molecule has 1 aliphatic heterocycles. The van der Waals surface area contributed by atoms with E-state index in [2.05, 4.69) is 4.98 Å². The molecule has 2 heterocycles. The number of halogens is 1. The van der Waals surface area contributed by atoms with Crippen LogP contribution in [0.2, 0.25) is 0 Å². The number of aryl methyl sites for hydroxylation is 1. The second kappa shape index (κ2) is 5.84. The number of aromatic amines is 1. The van der Waals surface area contributed by atoms with Gasteiger partial charge in [0.1, 0.15) is 12.4 Å². The summed E-state index contributed by atoms with van der Waals surface area (Å²) in [5.74, 6) is 0. The number of nitrogens with zero attached hydrogens (tertiary/aromatic N) is 1. The van der Waals surface area contributed by atoms with Crippen molar-refractivity contribution in [1.29, 1.82) is 0 Å². The van der Waals surface area contributed by atoms with Crippen LogP contribution in [0.3, 0.4) is 0 Å². The normalized spacial score (nSPS) is 26.2. The molecule has 0 saturated carbocycles. The summed E-state index contributed by atoms with van der Waals surface area (Å²) >= 11 is 0. The van der Waals surface area contributed by atoms with E-state index in [0.717, 1.165) is 4.57 Å². The summed E-state index contributed by atoms with van der Waals surface area (Å²) in [4.78, 5) is 42.7. The van der Waals surface area contributed by atoms with E-state index in [9.17, 15) is 18.5 Å². The van der Waals surface area contributed by atoms with Crippen LogP contribution in [-0.4, -0.2) is 37.8 Å². The van der Waals surface area contributed by atoms with Gasteiger partial charge in [0.2, 0.25) is 0 Å². The first-order valence-electron chi connectivity index (χ1n) is 6.33. The average Bonchev–Trinajstić information content (AvgIpc) is 2.72. The van der Waals surface area contributed by atoms with E-state index in [1.165, 1.54) is 13.1 Å². The standard InChI is InChI=1S/C11H16FN2O6P/c1-6-5-14(11(16)13-10(6)15)9-4-7(12)8(20-9)2-3-21(17,18)19/h5,7-9H,2-4H2,1H3,(H,13,15,16)(H2,17,18,19). The molecule has 8 nitrogen and oxygen atoms in total. The maximum absolute atomic E-state index is 13.8. The van der Waals surface area contributed by atoms with Crippen molar-refractivity contribution >= 4 is 7.60 Å². The van der Waals surface area contributed by atoms with E-state index < -0.39 is 43.5 Å². The Morgan fingerprint density at radius 2 is 2.19 bits per heavy atom. The minimum Gasteiger partial charge on any atom is -0.351 e. The monoisotopic (exact) mass is 322 g/mol. The van der Waals surface area contributed by atoms with E-state index in [1.54, 1.807) is 0 Å². The molecule has 0 aromatic carbocycles. The van der Waals surface area contributed by atoms with Gasteiger partial charge in [-0.1, -0.05) is 0 Å². The van der Waals surface area contributed by atoms with Crippen molar-refractivity contribution in [3.05, 3.63) is 32.6 Å². The Balaban J connectivity index is 2.14. The zero-order valence-corrected chi connectivity index (χ0v) is 12.1. The van der Waals surface area contributed by atoms with Crippen LogP contribution in [0.1, 0.15) is 24.6 Å². The average molecular weight is 322 g/mol. The van der Waals surface area contributed by atoms with Crippen LogP contribution < -0.4 is 11.2 Å². The molecule has 2 rings (SSSR count). The quantitative estimate of drug-likeness (QED) is 0.673. The Bertz CT molecular complexity index is 680. The lowest BCUT2D eigenvalue weighted by Gasteiger charge is -2.16. The molecule has 1 fully saturated rings. The Hall–Kier alpha value is -1.28. The molecule has 0 amide bonds. The molecule has 118 valence electrons. The van der Waals surface area contributed by atoms with E-state index in [-0.39, 0.29) is 18.4 Å². The maximum Gasteiger partial charge on any atom is 0.330 e. The van der Waals surface area contributed by atoms with Gasteiger partial charge in [0.05, 0.1) is 12.3 Å². The molecule has 0 aliphatic carbocycles. The fraction of sp³-hybridized carbons (Fsp3) is 0.636. The van der Waals surface area contributed by atoms with E-state index >= 15 is 0 Å². The Morgan fingerprint density at radius 1 is 1.52 bits per heavy atom. The van der Waals surface area contributed by atoms with Crippen molar-refractivity contribution in [2.24, 2.45) is 0 Å². The zero-order chi connectivity index (χ0) is 15.8. The van der Waals surface area contributed by atoms with Crippen molar-refractivity contribution in [3.8, 4) is 0 Å². The van der Waals surface area contributed by atoms with Crippen LogP contribution in [0, 0.1) is 6.92 Å². The van der Waals surface area contributed by atoms with Gasteiger partial charge in [-0.15, -0.1) is 0 Å². The fourth-order valence-corrected chi connectivity index (χ4v) is 2.80. The number of ether oxygens (including phenoxy) is 1. The first-order valence-corrected chi connectivity index (χ1v) is 8.13. The number of alkyl halides is 1. The number of nitrogens with one attached hydrogen (secondary N) is 1. The Morgan fingerprint density at radius 3 is 2.81 bits per heavy atom. The summed E-state index contributed by atoms with van der Waals surface area (Å²) in [5, 5.41) is 0. The second-order valence-electron chi connectivity index (χ2n) is 5.04. The minimum absolute atomic E-state index is 0.114. The van der Waals surface area contributed by atoms with Gasteiger partial charge in [0.15, 0.2) is 0 Å². The highest BCUT2D eigenvalue weighted by Crippen LogP contribution is 2.39. The van der Waals surface area contributed by atoms with Crippen LogP contribution in [0.15, 0.2) is 15.8 Å². The van der Waals surface area contributed by atoms with Crippen LogP contribution >= 0.6 is 7.60 Å². The van der Waals surface area contributed by atoms with Crippen LogP contribution in [-0.2, 0) is 9.30 Å². The molecule has 1 saturated heterocycles. The molecule has 1 aromatic heterocycles. The summed E-state index contributed by atoms with van der Waals surface area (Å²) in [6, 6.07) is 0. The molecule has 3 atom stereocenters. The fourth-order valence-electron chi connectivity index (χ4n) is 2.21. The topological polar surface area (TPSA) is 122 Å². The molecule has 1 aromatic rings. The largest absolute Gasteiger partial charge is 0.351 e. The number of H-pyrrole nitrogens is 1. The number of aromatic nitrogens is 2. The third-order valence-electron chi connectivity index (χ3n) is 3.32. The molecule has 21 heavy (non-hydrogen) atoms. The molecular weight excluding hydrogens is 306 g/mol. The van der Waals surface area contributed by atoms with Gasteiger partial charge in [0.25, 0.3) is 5.56 Å². The van der Waals surface area contributed by atoms with Crippen molar-refractivity contribution < 1.29 is 23.5 Å². The molecule has 0 spiro atoms. The summed E-state index contributed by atoms with van der Waals surface area (Å²) in [5.41, 5.74) is -0.949. The zero-order valence-electron chi connectivity index (χ0n) is 11.2. The third kappa shape index (κ3) is 3.88. The van der Waals surface area contributed by atoms with E-state index in [4.69, 9.17) is 14.5 Å². The van der Waals surface area contributed by atoms with Crippen molar-refractivity contribution in [2.45, 2.75) is 38.3 Å². The maximum atomic E-state index is 13.8. The predicted octanol–water partition coefficient (Wildman–Crippen LogP) is 0.0384. The van der Waals surface area contributed by atoms with E-state index in [0.29, 0.717) is 0 Å². The number of hydrogen-bond acceptors (Lipinski definition) is 4. The van der Waals surface area contributed by atoms with Gasteiger partial charge < -0.3 is 14.5 Å². The van der Waals surface area contributed by atoms with Crippen molar-refractivity contribution in [2.75, 3.05) is 6.16 Å². The highest BCUT2D eigenvalue weighted by molar-refractivity contribution is 7.51. The molecule has 0 bridgehead atoms. The van der Waals surface area contributed by atoms with Crippen molar-refractivity contribution in [3.63, 3.8) is 0 Å². The first kappa shape index (κ1) is 16.1. The van der Waals surface area contributed by atoms with Gasteiger partial charge in [-0.25, -0.2) is 9.18 Å². The highest BCUT2D eigenvalue weighted by Gasteiger charge is 2.37. The SMILES string of the molecule is Cc1cn(C2CC(F)C(CCP(=O)(O)O)O2)c(=O)[nH]c1=O. The molecule has 0 radical (unpaired) electrons. The van der Waals surface area contributed by atoms with E-state index in [1.807, 2.05) is 0 Å². The van der Waals surface area contributed by atoms with Gasteiger partial charge in [-0.05, 0) is 13.3 Å². The smallest absolute Gasteiger partial charge is 0.330 e. The molecular formula is C11H16FN2O6P. The predicted molar refractivity (Wildman–Crippen MR) is 71.0 cm³/mol. The summed E-state index contributed by atoms with van der Waals surface area (Å²) in [7, 11) is -4.22. The summed E-state index contributed by atoms with van der Waals surface area (Å²) < 4.78 is 31.1. The third-order valence-corrected chi connectivity index (χ3v) is 4.16. The summed E-state index contributed by atoms with van der Waals surface area (Å²) in [6.45, 7) is 1.50. The van der Waals surface area contributed by atoms with Gasteiger partial charge in [-0.3, -0.25) is 18.9 Å². The van der Waals surface area contributed by atoms with Crippen LogP contribution in [0.5, 0.6) is 0 Å². The lowest BCUT2D eigenvalue weighted by molar-refractivity contribution is -0.0118. The lowest BCUT2D eigenvalue weighted by atomic mass is 10.1. The molecule has 10 heteroatoms. The lowest BCUT2D eigenvalue weighted by Crippen LogP contribution is -2.33. The highest BCUT2D eigenvalue weighted by atomic mass is 31.2. The number of rotatable bonds is 4. The Labute approximate surface area is 118 Å². The minimum atomic E-state index is -4.22. The molecule has 1 aliphatic rings. The molecule has 3 unspecified atom stereocenters. The van der Waals surface area contributed by atoms with Crippen molar-refractivity contribution in [1.82, 2.24) is 9.55 Å². The summed E-state index contributed by atoms with van der Waals surface area (Å²) in [6.07, 6.45) is -2.77. The van der Waals surface area contributed by atoms with Gasteiger partial charge in [0, 0.05) is 18.2 Å². The van der Waals surface area contributed by atoms with Gasteiger partial charge in [-0.2, -0.15) is 0 Å². The Kier molecular flexibility index (Phi) is 4.48. The van der Waals surface area contributed by atoms with Crippen LogP contribution in [0.4, 0.5) is 4.39 Å². The molecule has 3 N–H and O–H groups in total. The second-order valence-corrected chi connectivity index (χ2v) is 6.81. The van der Waals surface area contributed by atoms with Gasteiger partial charge >= 0.3 is 13.3 Å².